The number of hydrogen-bond acceptors (Lipinski definition) is 6. The number of ether oxygens (including phenoxy) is 2. The van der Waals surface area contributed by atoms with Gasteiger partial charge >= 0.3 is 5.97 Å². The SMILES string of the molecule is C=C(CO)C(=O)OCC(COC(O)C(=C)CO)c1ccc(-c2ccc(CCCCC)c(F)c2)c(F)c1. The average molecular weight is 505 g/mol. The first kappa shape index (κ1) is 29.3. The van der Waals surface area contributed by atoms with Crippen LogP contribution in [0.3, 0.4) is 0 Å². The van der Waals surface area contributed by atoms with Crippen molar-refractivity contribution in [1.29, 1.82) is 0 Å². The number of carbonyl (C=O) groups is 1. The number of aliphatic hydroxyl groups excluding tert-OH is 3. The third-order valence-electron chi connectivity index (χ3n) is 5.78. The first-order chi connectivity index (χ1) is 17.2. The van der Waals surface area contributed by atoms with Gasteiger partial charge in [-0.25, -0.2) is 13.6 Å². The van der Waals surface area contributed by atoms with Crippen molar-refractivity contribution >= 4 is 5.97 Å². The van der Waals surface area contributed by atoms with Crippen LogP contribution in [0.15, 0.2) is 60.7 Å². The average Bonchev–Trinajstić information content (AvgIpc) is 2.88. The fourth-order valence-corrected chi connectivity index (χ4v) is 3.49. The highest BCUT2D eigenvalue weighted by Gasteiger charge is 2.21. The van der Waals surface area contributed by atoms with Gasteiger partial charge in [0.1, 0.15) is 18.2 Å². The van der Waals surface area contributed by atoms with E-state index in [9.17, 15) is 14.3 Å². The molecule has 2 aromatic rings. The molecule has 3 N–H and O–H groups in total. The summed E-state index contributed by atoms with van der Waals surface area (Å²) < 4.78 is 40.2. The summed E-state index contributed by atoms with van der Waals surface area (Å²) in [4.78, 5) is 11.9. The van der Waals surface area contributed by atoms with Gasteiger partial charge in [-0.2, -0.15) is 0 Å². The fraction of sp³-hybridized carbons (Fsp3) is 0.393. The van der Waals surface area contributed by atoms with E-state index in [2.05, 4.69) is 20.1 Å². The second-order valence-electron chi connectivity index (χ2n) is 8.56. The molecule has 0 aliphatic heterocycles. The number of unbranched alkanes of at least 4 members (excludes halogenated alkanes) is 2. The Balaban J connectivity index is 2.24. The monoisotopic (exact) mass is 504 g/mol. The Bertz CT molecular complexity index is 1050. The molecule has 2 unspecified atom stereocenters. The van der Waals surface area contributed by atoms with Crippen LogP contribution in [0.5, 0.6) is 0 Å². The summed E-state index contributed by atoms with van der Waals surface area (Å²) in [7, 11) is 0. The van der Waals surface area contributed by atoms with Gasteiger partial charge in [0.05, 0.1) is 25.4 Å². The summed E-state index contributed by atoms with van der Waals surface area (Å²) in [6.45, 7) is 7.44. The second kappa shape index (κ2) is 14.6. The minimum absolute atomic E-state index is 0.0288. The highest BCUT2D eigenvalue weighted by Crippen LogP contribution is 2.29. The molecule has 6 nitrogen and oxygen atoms in total. The van der Waals surface area contributed by atoms with Crippen molar-refractivity contribution in [3.05, 3.63) is 83.5 Å². The standard InChI is InChI=1S/C28H34F2O6/c1-4-5-6-7-20-8-9-22(13-25(20)29)24-11-10-21(12-26(24)30)23(16-35-27(33)18(2)14-31)17-36-28(34)19(3)15-32/h8-13,23,27,31-33H,2-7,14-17H2,1H3. The molecule has 196 valence electrons. The first-order valence-electron chi connectivity index (χ1n) is 11.8. The van der Waals surface area contributed by atoms with Crippen molar-refractivity contribution in [2.24, 2.45) is 0 Å². The Morgan fingerprint density at radius 3 is 2.36 bits per heavy atom. The van der Waals surface area contributed by atoms with Crippen LogP contribution in [-0.4, -0.2) is 54.0 Å². The van der Waals surface area contributed by atoms with Gasteiger partial charge in [-0.1, -0.05) is 57.2 Å². The Hall–Kier alpha value is -2.91. The molecule has 0 radical (unpaired) electrons. The molecule has 2 rings (SSSR count). The normalized spacial score (nSPS) is 12.7. The largest absolute Gasteiger partial charge is 0.462 e. The third kappa shape index (κ3) is 8.34. The number of carbonyl (C=O) groups excluding carboxylic acids is 1. The van der Waals surface area contributed by atoms with Crippen LogP contribution < -0.4 is 0 Å². The summed E-state index contributed by atoms with van der Waals surface area (Å²) in [6.07, 6.45) is 2.09. The molecular formula is C28H34F2O6. The molecule has 0 saturated heterocycles. The van der Waals surface area contributed by atoms with Crippen molar-refractivity contribution in [3.63, 3.8) is 0 Å². The lowest BCUT2D eigenvalue weighted by Crippen LogP contribution is -2.24. The summed E-state index contributed by atoms with van der Waals surface area (Å²) in [6, 6.07) is 9.01. The van der Waals surface area contributed by atoms with E-state index in [1.54, 1.807) is 18.2 Å². The van der Waals surface area contributed by atoms with E-state index in [1.165, 1.54) is 18.2 Å². The van der Waals surface area contributed by atoms with E-state index >= 15 is 4.39 Å². The Morgan fingerprint density at radius 1 is 1.00 bits per heavy atom. The van der Waals surface area contributed by atoms with E-state index in [0.29, 0.717) is 23.1 Å². The summed E-state index contributed by atoms with van der Waals surface area (Å²) >= 11 is 0. The van der Waals surface area contributed by atoms with Gasteiger partial charge in [-0.05, 0) is 41.7 Å². The number of benzene rings is 2. The lowest BCUT2D eigenvalue weighted by molar-refractivity contribution is -0.141. The molecule has 0 amide bonds. The minimum Gasteiger partial charge on any atom is -0.462 e. The quantitative estimate of drug-likeness (QED) is 0.109. The zero-order valence-corrected chi connectivity index (χ0v) is 20.5. The molecule has 0 aromatic heterocycles. The summed E-state index contributed by atoms with van der Waals surface area (Å²) in [5.74, 6) is -2.52. The summed E-state index contributed by atoms with van der Waals surface area (Å²) in [5.41, 5.74) is 1.47. The molecule has 36 heavy (non-hydrogen) atoms. The lowest BCUT2D eigenvalue weighted by Gasteiger charge is -2.21. The van der Waals surface area contributed by atoms with Crippen LogP contribution in [0.2, 0.25) is 0 Å². The van der Waals surface area contributed by atoms with Crippen LogP contribution in [0, 0.1) is 11.6 Å². The minimum atomic E-state index is -1.47. The molecule has 8 heteroatoms. The molecule has 0 bridgehead atoms. The van der Waals surface area contributed by atoms with Crippen LogP contribution >= 0.6 is 0 Å². The number of halogens is 2. The van der Waals surface area contributed by atoms with Gasteiger partial charge in [0.2, 0.25) is 0 Å². The van der Waals surface area contributed by atoms with Crippen molar-refractivity contribution in [1.82, 2.24) is 0 Å². The van der Waals surface area contributed by atoms with Gasteiger partial charge < -0.3 is 24.8 Å². The number of esters is 1. The van der Waals surface area contributed by atoms with Gasteiger partial charge in [0.25, 0.3) is 0 Å². The van der Waals surface area contributed by atoms with Crippen LogP contribution in [-0.2, 0) is 20.7 Å². The topological polar surface area (TPSA) is 96.2 Å². The molecule has 2 atom stereocenters. The highest BCUT2D eigenvalue weighted by molar-refractivity contribution is 5.87. The van der Waals surface area contributed by atoms with E-state index in [0.717, 1.165) is 19.3 Å². The van der Waals surface area contributed by atoms with Gasteiger partial charge in [0, 0.05) is 17.1 Å². The molecular weight excluding hydrogens is 470 g/mol. The molecule has 0 aliphatic carbocycles. The molecule has 2 aromatic carbocycles. The van der Waals surface area contributed by atoms with Crippen LogP contribution in [0.1, 0.15) is 43.2 Å². The first-order valence-corrected chi connectivity index (χ1v) is 11.8. The predicted molar refractivity (Wildman–Crippen MR) is 133 cm³/mol. The molecule has 0 heterocycles. The van der Waals surface area contributed by atoms with E-state index in [4.69, 9.17) is 19.7 Å². The van der Waals surface area contributed by atoms with E-state index in [-0.39, 0.29) is 35.7 Å². The van der Waals surface area contributed by atoms with E-state index < -0.39 is 37.2 Å². The number of hydrogen-bond donors (Lipinski definition) is 3. The number of rotatable bonds is 15. The van der Waals surface area contributed by atoms with Gasteiger partial charge in [0.15, 0.2) is 6.29 Å². The summed E-state index contributed by atoms with van der Waals surface area (Å²) in [5, 5.41) is 28.1. The number of aliphatic hydroxyl groups is 3. The van der Waals surface area contributed by atoms with Gasteiger partial charge in [-0.3, -0.25) is 0 Å². The Kier molecular flexibility index (Phi) is 11.9. The Morgan fingerprint density at radius 2 is 1.75 bits per heavy atom. The molecule has 0 aliphatic rings. The molecule has 0 fully saturated rings. The predicted octanol–water partition coefficient (Wildman–Crippen LogP) is 4.42. The zero-order chi connectivity index (χ0) is 26.7. The van der Waals surface area contributed by atoms with Gasteiger partial charge in [-0.15, -0.1) is 0 Å². The lowest BCUT2D eigenvalue weighted by atomic mass is 9.95. The maximum absolute atomic E-state index is 15.1. The zero-order valence-electron chi connectivity index (χ0n) is 20.5. The maximum atomic E-state index is 15.1. The van der Waals surface area contributed by atoms with Crippen molar-refractivity contribution in [2.75, 3.05) is 26.4 Å². The van der Waals surface area contributed by atoms with Crippen molar-refractivity contribution < 1.29 is 38.4 Å². The van der Waals surface area contributed by atoms with Crippen molar-refractivity contribution in [3.8, 4) is 11.1 Å². The van der Waals surface area contributed by atoms with Crippen LogP contribution in [0.25, 0.3) is 11.1 Å². The second-order valence-corrected chi connectivity index (χ2v) is 8.56. The van der Waals surface area contributed by atoms with Crippen LogP contribution in [0.4, 0.5) is 8.78 Å². The number of aryl methyl sites for hydroxylation is 1. The van der Waals surface area contributed by atoms with Crippen molar-refractivity contribution in [2.45, 2.75) is 44.8 Å². The maximum Gasteiger partial charge on any atom is 0.335 e. The molecule has 0 saturated carbocycles. The molecule has 0 spiro atoms. The Labute approximate surface area is 210 Å². The smallest absolute Gasteiger partial charge is 0.335 e. The highest BCUT2D eigenvalue weighted by atomic mass is 19.1. The third-order valence-corrected chi connectivity index (χ3v) is 5.78. The fourth-order valence-electron chi connectivity index (χ4n) is 3.49. The van der Waals surface area contributed by atoms with E-state index in [1.807, 2.05) is 0 Å².